The first-order chi connectivity index (χ1) is 13.3. The molecule has 0 radical (unpaired) electrons. The highest BCUT2D eigenvalue weighted by Crippen LogP contribution is 2.31. The first-order valence-electron chi connectivity index (χ1n) is 11.0. The summed E-state index contributed by atoms with van der Waals surface area (Å²) >= 11 is 0. The van der Waals surface area contributed by atoms with E-state index in [2.05, 4.69) is 18.7 Å². The van der Waals surface area contributed by atoms with Crippen LogP contribution in [-0.4, -0.2) is 53.0 Å². The van der Waals surface area contributed by atoms with E-state index in [-0.39, 0.29) is 11.5 Å². The Balaban J connectivity index is 1.80. The fourth-order valence-electron chi connectivity index (χ4n) is 5.20. The van der Waals surface area contributed by atoms with Crippen LogP contribution in [0.5, 0.6) is 0 Å². The Bertz CT molecular complexity index is 766. The minimum Gasteiger partial charge on any atom is -0.341 e. The number of aromatic nitrogens is 1. The maximum absolute atomic E-state index is 13.3. The zero-order valence-electron chi connectivity index (χ0n) is 18.3. The van der Waals surface area contributed by atoms with Crippen molar-refractivity contribution in [1.29, 1.82) is 0 Å². The molecule has 28 heavy (non-hydrogen) atoms. The summed E-state index contributed by atoms with van der Waals surface area (Å²) in [7, 11) is 1.87. The van der Waals surface area contributed by atoms with E-state index >= 15 is 0 Å². The quantitative estimate of drug-likeness (QED) is 0.777. The second kappa shape index (κ2) is 8.81. The summed E-state index contributed by atoms with van der Waals surface area (Å²) in [5.41, 5.74) is 1.94. The van der Waals surface area contributed by atoms with Gasteiger partial charge < -0.3 is 14.4 Å². The van der Waals surface area contributed by atoms with Crippen LogP contribution in [0.25, 0.3) is 0 Å². The Morgan fingerprint density at radius 2 is 1.89 bits per heavy atom. The molecule has 2 fully saturated rings. The van der Waals surface area contributed by atoms with Crippen LogP contribution in [0, 0.1) is 25.7 Å². The number of carbonyl (C=O) groups is 1. The second-order valence-electron chi connectivity index (χ2n) is 9.34. The van der Waals surface area contributed by atoms with Gasteiger partial charge in [0.2, 0.25) is 0 Å². The molecule has 1 amide bonds. The van der Waals surface area contributed by atoms with Gasteiger partial charge in [-0.1, -0.05) is 20.3 Å². The van der Waals surface area contributed by atoms with E-state index in [9.17, 15) is 9.59 Å². The number of aryl methyl sites for hydroxylation is 2. The summed E-state index contributed by atoms with van der Waals surface area (Å²) in [6.07, 6.45) is 6.25. The van der Waals surface area contributed by atoms with Crippen molar-refractivity contribution in [3.05, 3.63) is 33.2 Å². The molecule has 2 saturated heterocycles. The van der Waals surface area contributed by atoms with Gasteiger partial charge in [-0.2, -0.15) is 0 Å². The molecule has 3 rings (SSSR count). The molecule has 5 heteroatoms. The lowest BCUT2D eigenvalue weighted by Crippen LogP contribution is -2.51. The number of hydrogen-bond donors (Lipinski definition) is 0. The fraction of sp³-hybridized carbons (Fsp3) is 0.739. The van der Waals surface area contributed by atoms with E-state index in [1.165, 1.54) is 45.2 Å². The van der Waals surface area contributed by atoms with Crippen molar-refractivity contribution in [2.45, 2.75) is 72.4 Å². The fourth-order valence-corrected chi connectivity index (χ4v) is 5.20. The van der Waals surface area contributed by atoms with Gasteiger partial charge >= 0.3 is 0 Å². The number of pyridine rings is 1. The lowest BCUT2D eigenvalue weighted by atomic mass is 9.83. The normalized spacial score (nSPS) is 22.9. The number of fused-ring (bicyclic) bond motifs is 1. The van der Waals surface area contributed by atoms with Gasteiger partial charge in [-0.3, -0.25) is 9.59 Å². The maximum Gasteiger partial charge on any atom is 0.263 e. The van der Waals surface area contributed by atoms with Crippen LogP contribution in [-0.2, 0) is 6.54 Å². The smallest absolute Gasteiger partial charge is 0.263 e. The summed E-state index contributed by atoms with van der Waals surface area (Å²) in [5.74, 6) is 0.763. The highest BCUT2D eigenvalue weighted by molar-refractivity contribution is 5.95. The van der Waals surface area contributed by atoms with E-state index in [0.717, 1.165) is 17.8 Å². The number of carbonyl (C=O) groups excluding carboxylic acids is 1. The lowest BCUT2D eigenvalue weighted by Gasteiger charge is -2.45. The number of rotatable bonds is 5. The summed E-state index contributed by atoms with van der Waals surface area (Å²) < 4.78 is 1.77. The van der Waals surface area contributed by atoms with Gasteiger partial charge in [-0.25, -0.2) is 0 Å². The number of hydrogen-bond acceptors (Lipinski definition) is 3. The van der Waals surface area contributed by atoms with Crippen molar-refractivity contribution in [2.24, 2.45) is 11.8 Å². The molecule has 2 aliphatic heterocycles. The number of amides is 1. The van der Waals surface area contributed by atoms with Crippen molar-refractivity contribution in [1.82, 2.24) is 14.4 Å². The first-order valence-corrected chi connectivity index (χ1v) is 11.0. The van der Waals surface area contributed by atoms with Crippen LogP contribution in [0.15, 0.2) is 10.9 Å². The Kier molecular flexibility index (Phi) is 6.64. The van der Waals surface area contributed by atoms with Gasteiger partial charge in [0.15, 0.2) is 0 Å². The van der Waals surface area contributed by atoms with Crippen molar-refractivity contribution in [3.63, 3.8) is 0 Å². The Hall–Kier alpha value is -1.62. The van der Waals surface area contributed by atoms with Gasteiger partial charge in [0, 0.05) is 31.9 Å². The molecule has 0 bridgehead atoms. The van der Waals surface area contributed by atoms with Crippen LogP contribution >= 0.6 is 0 Å². The first kappa shape index (κ1) is 21.1. The third-order valence-corrected chi connectivity index (χ3v) is 6.55. The van der Waals surface area contributed by atoms with Crippen LogP contribution < -0.4 is 5.56 Å². The van der Waals surface area contributed by atoms with Crippen molar-refractivity contribution in [3.8, 4) is 0 Å². The molecule has 156 valence electrons. The maximum atomic E-state index is 13.3. The highest BCUT2D eigenvalue weighted by Gasteiger charge is 2.34. The third kappa shape index (κ3) is 4.35. The summed E-state index contributed by atoms with van der Waals surface area (Å²) in [6, 6.07) is 2.59. The predicted molar refractivity (Wildman–Crippen MR) is 114 cm³/mol. The topological polar surface area (TPSA) is 45.6 Å². The summed E-state index contributed by atoms with van der Waals surface area (Å²) in [4.78, 5) is 30.8. The minimum absolute atomic E-state index is 0.118. The van der Waals surface area contributed by atoms with Gasteiger partial charge in [0.05, 0.1) is 0 Å². The highest BCUT2D eigenvalue weighted by atomic mass is 16.2. The number of nitrogens with zero attached hydrogens (tertiary/aromatic N) is 3. The second-order valence-corrected chi connectivity index (χ2v) is 9.34. The standard InChI is InChI=1S/C23H37N3O2/c1-16(2)14-26-18(4)13-17(3)21(23(26)28)22(27)24(5)15-19-9-8-12-25-11-7-6-10-20(19)25/h13,16,19-20H,6-12,14-15H2,1-5H3/t19-,20-/m0/s1. The minimum atomic E-state index is -0.133. The molecule has 0 N–H and O–H groups in total. The summed E-state index contributed by atoms with van der Waals surface area (Å²) in [6.45, 7) is 11.8. The van der Waals surface area contributed by atoms with Crippen molar-refractivity contribution < 1.29 is 4.79 Å². The van der Waals surface area contributed by atoms with E-state index in [4.69, 9.17) is 0 Å². The predicted octanol–water partition coefficient (Wildman–Crippen LogP) is 3.46. The van der Waals surface area contributed by atoms with Gasteiger partial charge in [-0.05, 0) is 76.1 Å². The van der Waals surface area contributed by atoms with E-state index in [1.807, 2.05) is 31.9 Å². The molecule has 5 nitrogen and oxygen atoms in total. The van der Waals surface area contributed by atoms with Crippen LogP contribution in [0.1, 0.15) is 67.6 Å². The molecule has 3 heterocycles. The third-order valence-electron chi connectivity index (χ3n) is 6.55. The summed E-state index contributed by atoms with van der Waals surface area (Å²) in [5, 5.41) is 0. The Morgan fingerprint density at radius 1 is 1.18 bits per heavy atom. The molecule has 0 saturated carbocycles. The largest absolute Gasteiger partial charge is 0.341 e. The van der Waals surface area contributed by atoms with E-state index < -0.39 is 0 Å². The molecular weight excluding hydrogens is 350 g/mol. The van der Waals surface area contributed by atoms with E-state index in [1.54, 1.807) is 4.57 Å². The van der Waals surface area contributed by atoms with Gasteiger partial charge in [0.1, 0.15) is 5.56 Å². The SMILES string of the molecule is Cc1cc(C)n(CC(C)C)c(=O)c1C(=O)N(C)C[C@@H]1CCCN2CCCC[C@@H]12. The van der Waals surface area contributed by atoms with Crippen molar-refractivity contribution >= 4 is 5.91 Å². The molecule has 0 spiro atoms. The Labute approximate surface area is 169 Å². The van der Waals surface area contributed by atoms with Crippen LogP contribution in [0.3, 0.4) is 0 Å². The monoisotopic (exact) mass is 387 g/mol. The zero-order valence-corrected chi connectivity index (χ0v) is 18.3. The van der Waals surface area contributed by atoms with Crippen molar-refractivity contribution in [2.75, 3.05) is 26.7 Å². The van der Waals surface area contributed by atoms with Crippen LogP contribution in [0.2, 0.25) is 0 Å². The molecular formula is C23H37N3O2. The lowest BCUT2D eigenvalue weighted by molar-refractivity contribution is 0.0402. The average Bonchev–Trinajstić information content (AvgIpc) is 2.65. The molecule has 0 aliphatic carbocycles. The average molecular weight is 388 g/mol. The molecule has 1 aromatic rings. The molecule has 2 atom stereocenters. The molecule has 1 aromatic heterocycles. The van der Waals surface area contributed by atoms with E-state index in [0.29, 0.717) is 30.0 Å². The number of piperidine rings is 2. The van der Waals surface area contributed by atoms with Crippen LogP contribution in [0.4, 0.5) is 0 Å². The molecule has 2 aliphatic rings. The molecule has 0 aromatic carbocycles. The Morgan fingerprint density at radius 3 is 2.61 bits per heavy atom. The van der Waals surface area contributed by atoms with Gasteiger partial charge in [-0.15, -0.1) is 0 Å². The molecule has 0 unspecified atom stereocenters. The van der Waals surface area contributed by atoms with Gasteiger partial charge in [0.25, 0.3) is 11.5 Å². The zero-order chi connectivity index (χ0) is 20.4.